The van der Waals surface area contributed by atoms with Crippen molar-refractivity contribution in [2.45, 2.75) is 0 Å². The minimum atomic E-state index is -3.03. The molecule has 0 aliphatic heterocycles. The highest BCUT2D eigenvalue weighted by molar-refractivity contribution is 7.20. The Labute approximate surface area is 422 Å². The number of benzene rings is 11. The summed E-state index contributed by atoms with van der Waals surface area (Å²) in [7, 11) is -3.03. The largest absolute Gasteiger partial charge is 0.309 e. The van der Waals surface area contributed by atoms with Crippen LogP contribution in [0.15, 0.2) is 273 Å². The first-order valence-corrected chi connectivity index (χ1v) is 27.1. The van der Waals surface area contributed by atoms with E-state index < -0.39 is 8.07 Å². The van der Waals surface area contributed by atoms with E-state index in [2.05, 4.69) is 291 Å². The molecule has 0 fully saturated rings. The summed E-state index contributed by atoms with van der Waals surface area (Å²) in [5, 5.41) is 12.5. The van der Waals surface area contributed by atoms with E-state index in [-0.39, 0.29) is 0 Å². The number of nitrogens with zero attached hydrogens (tertiary/aromatic N) is 5. The molecule has 0 aliphatic carbocycles. The van der Waals surface area contributed by atoms with E-state index in [1.165, 1.54) is 64.1 Å². The van der Waals surface area contributed by atoms with Crippen LogP contribution in [0.4, 0.5) is 0 Å². The summed E-state index contributed by atoms with van der Waals surface area (Å²) in [6.07, 6.45) is 0. The third-order valence-electron chi connectivity index (χ3n) is 15.3. The molecule has 0 atom stereocenters. The van der Waals surface area contributed by atoms with Gasteiger partial charge in [-0.1, -0.05) is 200 Å². The van der Waals surface area contributed by atoms with Crippen molar-refractivity contribution in [1.29, 1.82) is 0 Å². The van der Waals surface area contributed by atoms with Gasteiger partial charge in [0, 0.05) is 43.7 Å². The van der Waals surface area contributed by atoms with E-state index >= 15 is 0 Å². The Bertz CT molecular complexity index is 4420. The molecule has 342 valence electrons. The Morgan fingerprint density at radius 1 is 0.247 bits per heavy atom. The van der Waals surface area contributed by atoms with Crippen LogP contribution in [0.3, 0.4) is 0 Å². The summed E-state index contributed by atoms with van der Waals surface area (Å²) in [5.41, 5.74) is 12.2. The summed E-state index contributed by atoms with van der Waals surface area (Å²) < 4.78 is 9.65. The second kappa shape index (κ2) is 16.3. The molecule has 0 unspecified atom stereocenters. The lowest BCUT2D eigenvalue weighted by Gasteiger charge is -2.34. The number of para-hydroxylation sites is 6. The smallest absolute Gasteiger partial charge is 0.220 e. The molecule has 5 nitrogen and oxygen atoms in total. The number of hydrogen-bond acceptors (Lipinski definition) is 1. The number of rotatable bonds is 8. The maximum atomic E-state index is 6.00. The molecule has 15 rings (SSSR count). The molecule has 4 aromatic heterocycles. The van der Waals surface area contributed by atoms with Gasteiger partial charge in [-0.2, -0.15) is 0 Å². The molecule has 0 bridgehead atoms. The van der Waals surface area contributed by atoms with Crippen molar-refractivity contribution in [3.05, 3.63) is 273 Å². The average molecular weight is 948 g/mol. The highest BCUT2D eigenvalue weighted by Gasteiger charge is 2.43. The van der Waals surface area contributed by atoms with Crippen LogP contribution in [-0.2, 0) is 0 Å². The molecule has 0 radical (unpaired) electrons. The van der Waals surface area contributed by atoms with Crippen LogP contribution in [0, 0.1) is 0 Å². The first-order valence-electron chi connectivity index (χ1n) is 25.1. The van der Waals surface area contributed by atoms with Gasteiger partial charge in [0.2, 0.25) is 5.95 Å². The number of hydrogen-bond donors (Lipinski definition) is 0. The van der Waals surface area contributed by atoms with Crippen LogP contribution in [0.1, 0.15) is 0 Å². The molecule has 0 amide bonds. The van der Waals surface area contributed by atoms with Crippen LogP contribution in [0.5, 0.6) is 0 Å². The van der Waals surface area contributed by atoms with Gasteiger partial charge in [0.15, 0.2) is 8.07 Å². The van der Waals surface area contributed by atoms with Crippen molar-refractivity contribution in [3.63, 3.8) is 0 Å². The van der Waals surface area contributed by atoms with Crippen molar-refractivity contribution >= 4 is 105 Å². The fourth-order valence-electron chi connectivity index (χ4n) is 12.3. The lowest BCUT2D eigenvalue weighted by molar-refractivity contribution is 0.953. The monoisotopic (exact) mass is 947 g/mol. The highest BCUT2D eigenvalue weighted by atomic mass is 28.3. The molecule has 11 aromatic carbocycles. The third kappa shape index (κ3) is 6.05. The van der Waals surface area contributed by atoms with Crippen LogP contribution in [0.2, 0.25) is 0 Å². The first kappa shape index (κ1) is 41.3. The Morgan fingerprint density at radius 3 is 1.08 bits per heavy atom. The van der Waals surface area contributed by atoms with E-state index in [0.29, 0.717) is 0 Å². The van der Waals surface area contributed by atoms with Gasteiger partial charge in [-0.05, 0) is 93.5 Å². The van der Waals surface area contributed by atoms with Crippen molar-refractivity contribution in [2.75, 3.05) is 0 Å². The van der Waals surface area contributed by atoms with Gasteiger partial charge in [-0.15, -0.1) is 0 Å². The van der Waals surface area contributed by atoms with Crippen LogP contribution in [-0.4, -0.2) is 31.3 Å². The maximum Gasteiger partial charge on any atom is 0.220 e. The molecular weight excluding hydrogens is 903 g/mol. The van der Waals surface area contributed by atoms with E-state index in [4.69, 9.17) is 4.98 Å². The molecule has 6 heteroatoms. The minimum absolute atomic E-state index is 0.840. The number of imidazole rings is 1. The molecule has 0 saturated heterocycles. The highest BCUT2D eigenvalue weighted by Crippen LogP contribution is 2.39. The maximum absolute atomic E-state index is 6.00. The Balaban J connectivity index is 1.01. The molecular formula is C67H45N5Si. The van der Waals surface area contributed by atoms with E-state index in [1.807, 2.05) is 0 Å². The van der Waals surface area contributed by atoms with Gasteiger partial charge in [-0.3, -0.25) is 9.13 Å². The first-order chi connectivity index (χ1) is 36.3. The predicted octanol–water partition coefficient (Wildman–Crippen LogP) is 13.7. The molecule has 73 heavy (non-hydrogen) atoms. The van der Waals surface area contributed by atoms with Gasteiger partial charge < -0.3 is 9.13 Å². The Morgan fingerprint density at radius 2 is 0.603 bits per heavy atom. The number of fused-ring (bicyclic) bond motifs is 10. The van der Waals surface area contributed by atoms with E-state index in [1.54, 1.807) is 0 Å². The van der Waals surface area contributed by atoms with Crippen molar-refractivity contribution < 1.29 is 0 Å². The number of aromatic nitrogens is 5. The van der Waals surface area contributed by atoms with Crippen LogP contribution >= 0.6 is 0 Å². The minimum Gasteiger partial charge on any atom is -0.309 e. The van der Waals surface area contributed by atoms with Crippen LogP contribution in [0.25, 0.3) is 99.5 Å². The summed E-state index contributed by atoms with van der Waals surface area (Å²) >= 11 is 0. The van der Waals surface area contributed by atoms with Gasteiger partial charge in [0.1, 0.15) is 0 Å². The zero-order valence-corrected chi connectivity index (χ0v) is 40.7. The predicted molar refractivity (Wildman–Crippen MR) is 308 cm³/mol. The average Bonchev–Trinajstić information content (AvgIpc) is 4.21. The zero-order valence-electron chi connectivity index (χ0n) is 39.7. The quantitative estimate of drug-likeness (QED) is 0.110. The lowest BCUT2D eigenvalue weighted by atomic mass is 10.1. The van der Waals surface area contributed by atoms with Crippen molar-refractivity contribution in [1.82, 2.24) is 23.3 Å². The molecule has 0 saturated carbocycles. The molecule has 0 N–H and O–H groups in total. The summed E-state index contributed by atoms with van der Waals surface area (Å²) in [6.45, 7) is 0. The third-order valence-corrected chi connectivity index (χ3v) is 20.1. The summed E-state index contributed by atoms with van der Waals surface area (Å²) in [5.74, 6) is 0.840. The SMILES string of the molecule is c1ccc([Si](c2ccccc2)(c2ccccc2)c2cccc3c2nc(-n2c4ccccc4c4ccccc42)n3-c2cccc(-n3c4ccccc4c4cc(-n5c6ccccc6c6ccccc65)ccc43)c2)cc1. The Kier molecular flexibility index (Phi) is 9.21. The Hall–Kier alpha value is -9.49. The zero-order chi connectivity index (χ0) is 48.0. The van der Waals surface area contributed by atoms with Crippen molar-refractivity contribution in [3.8, 4) is 23.0 Å². The van der Waals surface area contributed by atoms with Crippen LogP contribution < -0.4 is 20.7 Å². The second-order valence-corrected chi connectivity index (χ2v) is 22.9. The van der Waals surface area contributed by atoms with E-state index in [0.717, 1.165) is 56.1 Å². The van der Waals surface area contributed by atoms with Gasteiger partial charge >= 0.3 is 0 Å². The molecule has 0 spiro atoms. The van der Waals surface area contributed by atoms with Crippen molar-refractivity contribution in [2.24, 2.45) is 0 Å². The summed E-state index contributed by atoms with van der Waals surface area (Å²) in [4.78, 5) is 6.00. The molecule has 0 aliphatic rings. The summed E-state index contributed by atoms with van der Waals surface area (Å²) in [6, 6.07) is 100. The molecule has 15 aromatic rings. The van der Waals surface area contributed by atoms with Gasteiger partial charge in [-0.25, -0.2) is 4.98 Å². The fourth-order valence-corrected chi connectivity index (χ4v) is 17.2. The normalized spacial score (nSPS) is 12.1. The molecule has 4 heterocycles. The topological polar surface area (TPSA) is 32.6 Å². The van der Waals surface area contributed by atoms with Gasteiger partial charge in [0.25, 0.3) is 0 Å². The van der Waals surface area contributed by atoms with E-state index in [9.17, 15) is 0 Å². The lowest BCUT2D eigenvalue weighted by Crippen LogP contribution is -2.74. The van der Waals surface area contributed by atoms with Gasteiger partial charge in [0.05, 0.1) is 49.8 Å². The standard InChI is InChI=1S/C67H45N5Si/c1-4-24-49(25-5-1)73(50-26-6-2-7-27-50,51-28-8-3-9-29-51)65-41-21-40-64-66(65)68-67(72-61-38-18-12-32-54(61)55-33-13-19-39-62(55)72)71(64)47-23-20-22-46(44-47)69-60-37-17-14-34-56(60)57-45-48(42-43-63(57)69)70-58-35-15-10-30-52(58)53-31-11-16-36-59(53)70/h1-45H. The fraction of sp³-hybridized carbons (Fsp3) is 0. The second-order valence-electron chi connectivity index (χ2n) is 19.1.